The average molecular weight is 248 g/mol. The number of hydrogen-bond acceptors (Lipinski definition) is 4. The number of rotatable bonds is 7. The van der Waals surface area contributed by atoms with Gasteiger partial charge in [0.2, 0.25) is 0 Å². The van der Waals surface area contributed by atoms with Gasteiger partial charge in [-0.3, -0.25) is 9.48 Å². The minimum Gasteiger partial charge on any atom is -0.493 e. The Balaban J connectivity index is 2.49. The molecule has 0 atom stereocenters. The van der Waals surface area contributed by atoms with Gasteiger partial charge in [0.15, 0.2) is 11.5 Å². The first-order valence-electron chi connectivity index (χ1n) is 5.01. The molecule has 0 unspecified atom stereocenters. The number of nitrogens with zero attached hydrogens (tertiary/aromatic N) is 2. The van der Waals surface area contributed by atoms with Crippen molar-refractivity contribution in [3.05, 3.63) is 11.9 Å². The lowest BCUT2D eigenvalue weighted by atomic mass is 10.2. The van der Waals surface area contributed by atoms with Crippen molar-refractivity contribution in [1.82, 2.24) is 9.78 Å². The smallest absolute Gasteiger partial charge is 0.261 e. The van der Waals surface area contributed by atoms with Gasteiger partial charge in [-0.15, -0.1) is 0 Å². The monoisotopic (exact) mass is 248 g/mol. The molecule has 0 bridgehead atoms. The highest BCUT2D eigenvalue weighted by molar-refractivity contribution is 5.97. The maximum atomic E-state index is 11.8. The summed E-state index contributed by atoms with van der Waals surface area (Å²) in [4.78, 5) is 11.7. The third-order valence-corrected chi connectivity index (χ3v) is 2.11. The van der Waals surface area contributed by atoms with E-state index in [4.69, 9.17) is 4.74 Å². The molecule has 0 fully saturated rings. The zero-order valence-electron chi connectivity index (χ0n) is 9.65. The zero-order chi connectivity index (χ0) is 12.8. The Morgan fingerprint density at radius 1 is 1.59 bits per heavy atom. The molecule has 0 aliphatic rings. The third-order valence-electron chi connectivity index (χ3n) is 2.11. The van der Waals surface area contributed by atoms with Crippen LogP contribution >= 0.6 is 0 Å². The van der Waals surface area contributed by atoms with Gasteiger partial charge in [-0.25, -0.2) is 8.78 Å². The molecule has 0 N–H and O–H groups in total. The molecule has 0 spiro atoms. The van der Waals surface area contributed by atoms with Gasteiger partial charge in [-0.1, -0.05) is 0 Å². The molecule has 0 saturated heterocycles. The molecule has 0 aromatic carbocycles. The van der Waals surface area contributed by atoms with E-state index in [1.165, 1.54) is 18.0 Å². The summed E-state index contributed by atoms with van der Waals surface area (Å²) in [6.45, 7) is -0.701. The fraction of sp³-hybridized carbons (Fsp3) is 0.600. The number of carbonyl (C=O) groups is 1. The summed E-state index contributed by atoms with van der Waals surface area (Å²) in [7, 11) is 3.04. The van der Waals surface area contributed by atoms with E-state index in [0.29, 0.717) is 11.4 Å². The number of alkyl halides is 2. The van der Waals surface area contributed by atoms with E-state index in [-0.39, 0.29) is 18.8 Å². The number of methoxy groups -OCH3 is 1. The molecule has 5 nitrogen and oxygen atoms in total. The van der Waals surface area contributed by atoms with E-state index < -0.39 is 13.0 Å². The molecular weight excluding hydrogens is 234 g/mol. The van der Waals surface area contributed by atoms with Crippen LogP contribution in [-0.4, -0.2) is 42.3 Å². The van der Waals surface area contributed by atoms with Crippen LogP contribution in [0.4, 0.5) is 8.78 Å². The fourth-order valence-corrected chi connectivity index (χ4v) is 1.34. The second-order valence-corrected chi connectivity index (χ2v) is 3.32. The quantitative estimate of drug-likeness (QED) is 0.539. The van der Waals surface area contributed by atoms with Gasteiger partial charge in [0, 0.05) is 13.5 Å². The number of aryl methyl sites for hydroxylation is 1. The number of carbonyl (C=O) groups excluding carboxylic acids is 1. The zero-order valence-corrected chi connectivity index (χ0v) is 9.65. The van der Waals surface area contributed by atoms with Crippen LogP contribution in [-0.2, 0) is 11.8 Å². The molecule has 1 aromatic rings. The van der Waals surface area contributed by atoms with Crippen LogP contribution in [0.3, 0.4) is 0 Å². The Hall–Kier alpha value is -1.50. The topological polar surface area (TPSA) is 53.4 Å². The maximum absolute atomic E-state index is 11.8. The highest BCUT2D eigenvalue weighted by Crippen LogP contribution is 2.18. The maximum Gasteiger partial charge on any atom is 0.261 e. The molecular formula is C10H14F2N2O3. The minimum atomic E-state index is -2.52. The van der Waals surface area contributed by atoms with Crippen LogP contribution in [0.2, 0.25) is 0 Å². The van der Waals surface area contributed by atoms with Gasteiger partial charge in [-0.2, -0.15) is 5.10 Å². The van der Waals surface area contributed by atoms with Crippen molar-refractivity contribution in [2.24, 2.45) is 7.05 Å². The molecule has 7 heteroatoms. The molecule has 96 valence electrons. The summed E-state index contributed by atoms with van der Waals surface area (Å²) < 4.78 is 34.5. The molecule has 0 aliphatic carbocycles. The van der Waals surface area contributed by atoms with Crippen molar-refractivity contribution in [3.8, 4) is 5.75 Å². The normalized spacial score (nSPS) is 10.9. The van der Waals surface area contributed by atoms with Crippen LogP contribution in [0, 0.1) is 0 Å². The van der Waals surface area contributed by atoms with Gasteiger partial charge < -0.3 is 9.47 Å². The van der Waals surface area contributed by atoms with Crippen LogP contribution in [0.25, 0.3) is 0 Å². The molecule has 1 rings (SSSR count). The third kappa shape index (κ3) is 3.77. The van der Waals surface area contributed by atoms with Crippen LogP contribution in [0.1, 0.15) is 16.9 Å². The number of hydrogen-bond donors (Lipinski definition) is 0. The van der Waals surface area contributed by atoms with Crippen molar-refractivity contribution in [1.29, 1.82) is 0 Å². The Morgan fingerprint density at radius 2 is 2.29 bits per heavy atom. The van der Waals surface area contributed by atoms with Gasteiger partial charge in [0.1, 0.15) is 12.3 Å². The molecule has 0 aliphatic heterocycles. The molecule has 17 heavy (non-hydrogen) atoms. The highest BCUT2D eigenvalue weighted by atomic mass is 19.3. The number of ether oxygens (including phenoxy) is 2. The summed E-state index contributed by atoms with van der Waals surface area (Å²) in [5.74, 6) is 0.113. The van der Waals surface area contributed by atoms with E-state index >= 15 is 0 Å². The number of halogens is 2. The van der Waals surface area contributed by atoms with Gasteiger partial charge >= 0.3 is 0 Å². The summed E-state index contributed by atoms with van der Waals surface area (Å²) in [5.41, 5.74) is 0.313. The largest absolute Gasteiger partial charge is 0.493 e. The number of ketones is 1. The molecule has 0 amide bonds. The predicted octanol–water partition coefficient (Wildman–Crippen LogP) is 1.28. The van der Waals surface area contributed by atoms with Gasteiger partial charge in [0.25, 0.3) is 6.43 Å². The number of Topliss-reactive ketones (excluding diaryl/α,β-unsaturated/α-hetero) is 1. The molecule has 1 aromatic heterocycles. The van der Waals surface area contributed by atoms with E-state index in [2.05, 4.69) is 9.84 Å². The SMILES string of the molecule is COc1cnn(C)c1C(=O)CCOCC(F)F. The van der Waals surface area contributed by atoms with Gasteiger partial charge in [0.05, 0.1) is 19.9 Å². The highest BCUT2D eigenvalue weighted by Gasteiger charge is 2.17. The predicted molar refractivity (Wildman–Crippen MR) is 55.5 cm³/mol. The minimum absolute atomic E-state index is 0.0165. The first-order chi connectivity index (χ1) is 8.06. The fourth-order valence-electron chi connectivity index (χ4n) is 1.34. The first kappa shape index (κ1) is 13.6. The lowest BCUT2D eigenvalue weighted by Gasteiger charge is -2.05. The summed E-state index contributed by atoms with van der Waals surface area (Å²) in [6.07, 6.45) is -1.08. The number of aromatic nitrogens is 2. The molecule has 0 saturated carbocycles. The van der Waals surface area contributed by atoms with E-state index in [1.54, 1.807) is 7.05 Å². The first-order valence-corrected chi connectivity index (χ1v) is 5.01. The van der Waals surface area contributed by atoms with E-state index in [0.717, 1.165) is 0 Å². The van der Waals surface area contributed by atoms with Crippen molar-refractivity contribution >= 4 is 5.78 Å². The summed E-state index contributed by atoms with van der Waals surface area (Å²) in [6, 6.07) is 0. The standard InChI is InChI=1S/C10H14F2N2O3/c1-14-10(8(16-2)5-13-14)7(15)3-4-17-6-9(11)12/h5,9H,3-4,6H2,1-2H3. The lowest BCUT2D eigenvalue weighted by molar-refractivity contribution is 0.0168. The van der Waals surface area contributed by atoms with Gasteiger partial charge in [-0.05, 0) is 0 Å². The lowest BCUT2D eigenvalue weighted by Crippen LogP contribution is -2.13. The van der Waals surface area contributed by atoms with E-state index in [9.17, 15) is 13.6 Å². The van der Waals surface area contributed by atoms with Crippen LogP contribution in [0.5, 0.6) is 5.75 Å². The van der Waals surface area contributed by atoms with Crippen LogP contribution < -0.4 is 4.74 Å². The van der Waals surface area contributed by atoms with Crippen molar-refractivity contribution < 1.29 is 23.0 Å². The molecule has 0 radical (unpaired) electrons. The Labute approximate surface area is 97.3 Å². The van der Waals surface area contributed by atoms with Crippen molar-refractivity contribution in [2.45, 2.75) is 12.8 Å². The summed E-state index contributed by atoms with van der Waals surface area (Å²) in [5, 5.41) is 3.87. The second kappa shape index (κ2) is 6.29. The Morgan fingerprint density at radius 3 is 2.88 bits per heavy atom. The Kier molecular flexibility index (Phi) is 5.02. The summed E-state index contributed by atoms with van der Waals surface area (Å²) >= 11 is 0. The molecule has 1 heterocycles. The average Bonchev–Trinajstić information content (AvgIpc) is 2.65. The van der Waals surface area contributed by atoms with E-state index in [1.807, 2.05) is 0 Å². The Bertz CT molecular complexity index is 380. The van der Waals surface area contributed by atoms with Crippen molar-refractivity contribution in [3.63, 3.8) is 0 Å². The second-order valence-electron chi connectivity index (χ2n) is 3.32. The van der Waals surface area contributed by atoms with Crippen LogP contribution in [0.15, 0.2) is 6.20 Å². The van der Waals surface area contributed by atoms with Crippen molar-refractivity contribution in [2.75, 3.05) is 20.3 Å².